The Morgan fingerprint density at radius 2 is 1.52 bits per heavy atom. The molecule has 0 spiro atoms. The molecule has 0 saturated carbocycles. The Kier molecular flexibility index (Phi) is 8.29. The first-order chi connectivity index (χ1) is 16.3. The minimum absolute atomic E-state index is 0.852. The van der Waals surface area contributed by atoms with Gasteiger partial charge in [-0.2, -0.15) is 0 Å². The standard InChI is InChI=1S/C23H17N3S.3C2H6/c1-15-8-10-16(11-9-15)24-18-13-21-23-22-17(18)5-4-12-25(22)14-26(23)19-6-2-3-7-20(19)27-21;3*1-2/h2-13H,14H2,1H3;3*1-2H3/q+2;;;. The van der Waals surface area contributed by atoms with Crippen LogP contribution in [0.3, 0.4) is 0 Å². The van der Waals surface area contributed by atoms with Crippen LogP contribution in [0.2, 0.25) is 0 Å². The third-order valence-electron chi connectivity index (χ3n) is 5.30. The lowest BCUT2D eigenvalue weighted by Gasteiger charge is -2.03. The van der Waals surface area contributed by atoms with Crippen molar-refractivity contribution in [2.75, 3.05) is 0 Å². The van der Waals surface area contributed by atoms with Crippen molar-refractivity contribution in [1.82, 2.24) is 0 Å². The molecule has 0 N–H and O–H groups in total. The van der Waals surface area contributed by atoms with Crippen molar-refractivity contribution in [3.05, 3.63) is 83.8 Å². The zero-order valence-electron chi connectivity index (χ0n) is 20.9. The van der Waals surface area contributed by atoms with E-state index in [9.17, 15) is 0 Å². The minimum Gasteiger partial charge on any atom is -0.248 e. The molecule has 3 heterocycles. The van der Waals surface area contributed by atoms with Gasteiger partial charge in [-0.15, -0.1) is 20.5 Å². The number of hydrogen-bond acceptors (Lipinski definition) is 2. The van der Waals surface area contributed by atoms with Gasteiger partial charge in [0.05, 0.1) is 21.1 Å². The fraction of sp³-hybridized carbons (Fsp3) is 0.276. The van der Waals surface area contributed by atoms with Gasteiger partial charge in [-0.25, -0.2) is 4.99 Å². The second-order valence-electron chi connectivity index (χ2n) is 7.07. The molecule has 0 unspecified atom stereocenters. The Morgan fingerprint density at radius 1 is 0.818 bits per heavy atom. The van der Waals surface area contributed by atoms with E-state index in [2.05, 4.69) is 89.0 Å². The lowest BCUT2D eigenvalue weighted by atomic mass is 10.1. The summed E-state index contributed by atoms with van der Waals surface area (Å²) in [6.45, 7) is 15.0. The molecule has 3 aliphatic rings. The highest BCUT2D eigenvalue weighted by atomic mass is 32.1. The van der Waals surface area contributed by atoms with Gasteiger partial charge >= 0.3 is 12.4 Å². The Balaban J connectivity index is 0.000000475. The van der Waals surface area contributed by atoms with Crippen molar-refractivity contribution >= 4 is 38.1 Å². The van der Waals surface area contributed by atoms with Crippen LogP contribution in [0.15, 0.2) is 77.9 Å². The first-order valence-electron chi connectivity index (χ1n) is 12.1. The van der Waals surface area contributed by atoms with Crippen LogP contribution in [0.25, 0.3) is 31.7 Å². The maximum Gasteiger partial charge on any atom is 0.345 e. The van der Waals surface area contributed by atoms with Crippen molar-refractivity contribution < 1.29 is 9.13 Å². The van der Waals surface area contributed by atoms with E-state index in [1.165, 1.54) is 37.3 Å². The molecule has 0 radical (unpaired) electrons. The minimum atomic E-state index is 0.852. The average molecular weight is 458 g/mol. The molecule has 3 aromatic rings. The number of benzene rings is 3. The number of fused-ring (bicyclic) bond motifs is 2. The molecule has 2 aliphatic heterocycles. The summed E-state index contributed by atoms with van der Waals surface area (Å²) in [5.41, 5.74) is 6.14. The monoisotopic (exact) mass is 457 g/mol. The SMILES string of the molecule is CC.CC.CC.Cc1ccc(N=c2cc3sc4ccccc4[n+]4c-3c3c2ccc[n+]3C4)cc1. The Hall–Kier alpha value is -3.11. The normalized spacial score (nSPS) is 11.5. The van der Waals surface area contributed by atoms with Gasteiger partial charge in [0.1, 0.15) is 4.88 Å². The van der Waals surface area contributed by atoms with Crippen molar-refractivity contribution in [2.45, 2.75) is 55.1 Å². The summed E-state index contributed by atoms with van der Waals surface area (Å²) in [4.78, 5) is 6.27. The first-order valence-corrected chi connectivity index (χ1v) is 12.9. The van der Waals surface area contributed by atoms with Gasteiger partial charge in [0, 0.05) is 12.1 Å². The van der Waals surface area contributed by atoms with E-state index in [-0.39, 0.29) is 0 Å². The van der Waals surface area contributed by atoms with E-state index < -0.39 is 0 Å². The predicted molar refractivity (Wildman–Crippen MR) is 142 cm³/mol. The summed E-state index contributed by atoms with van der Waals surface area (Å²) < 4.78 is 6.07. The molecule has 0 atom stereocenters. The summed E-state index contributed by atoms with van der Waals surface area (Å²) in [5, 5.41) is 2.25. The largest absolute Gasteiger partial charge is 0.345 e. The van der Waals surface area contributed by atoms with Crippen LogP contribution in [0.4, 0.5) is 5.69 Å². The quantitative estimate of drug-likeness (QED) is 0.142. The van der Waals surface area contributed by atoms with Gasteiger partial charge in [-0.05, 0) is 37.3 Å². The molecule has 1 aromatic heterocycles. The van der Waals surface area contributed by atoms with Crippen molar-refractivity contribution in [1.29, 1.82) is 0 Å². The number of para-hydroxylation sites is 1. The van der Waals surface area contributed by atoms with E-state index in [0.717, 1.165) is 17.7 Å². The summed E-state index contributed by atoms with van der Waals surface area (Å²) in [7, 11) is 0. The fourth-order valence-corrected chi connectivity index (χ4v) is 5.16. The number of aromatic nitrogens is 2. The number of aryl methyl sites for hydroxylation is 1. The molecule has 33 heavy (non-hydrogen) atoms. The van der Waals surface area contributed by atoms with Crippen molar-refractivity contribution in [3.8, 4) is 10.6 Å². The fourth-order valence-electron chi connectivity index (χ4n) is 4.02. The van der Waals surface area contributed by atoms with Crippen LogP contribution in [0.1, 0.15) is 47.1 Å². The second-order valence-corrected chi connectivity index (χ2v) is 8.15. The summed E-state index contributed by atoms with van der Waals surface area (Å²) in [6, 6.07) is 23.6. The predicted octanol–water partition coefficient (Wildman–Crippen LogP) is 7.17. The summed E-state index contributed by atoms with van der Waals surface area (Å²) in [5.74, 6) is 0. The number of hydrogen-bond donors (Lipinski definition) is 0. The van der Waals surface area contributed by atoms with Crippen molar-refractivity contribution in [3.63, 3.8) is 0 Å². The van der Waals surface area contributed by atoms with Crippen LogP contribution in [-0.2, 0) is 6.67 Å². The van der Waals surface area contributed by atoms with E-state index >= 15 is 0 Å². The van der Waals surface area contributed by atoms with E-state index in [0.29, 0.717) is 0 Å². The molecule has 1 aliphatic carbocycles. The number of rotatable bonds is 1. The molecule has 170 valence electrons. The average Bonchev–Trinajstić information content (AvgIpc) is 3.29. The molecule has 6 rings (SSSR count). The number of nitrogens with zero attached hydrogens (tertiary/aromatic N) is 3. The zero-order chi connectivity index (χ0) is 24.0. The highest BCUT2D eigenvalue weighted by molar-refractivity contribution is 7.21. The van der Waals surface area contributed by atoms with Gasteiger partial charge in [0.2, 0.25) is 5.52 Å². The molecular weight excluding hydrogens is 422 g/mol. The molecule has 0 amide bonds. The Bertz CT molecular complexity index is 1400. The lowest BCUT2D eigenvalue weighted by molar-refractivity contribution is -0.865. The molecule has 3 nitrogen and oxygen atoms in total. The van der Waals surface area contributed by atoms with Crippen LogP contribution < -0.4 is 14.5 Å². The highest BCUT2D eigenvalue weighted by Crippen LogP contribution is 2.33. The second kappa shape index (κ2) is 11.2. The molecular formula is C29H35N3S+2. The first kappa shape index (κ1) is 24.5. The molecule has 0 bridgehead atoms. The third kappa shape index (κ3) is 4.53. The van der Waals surface area contributed by atoms with Crippen LogP contribution in [0, 0.1) is 6.92 Å². The maximum atomic E-state index is 4.99. The third-order valence-corrected chi connectivity index (χ3v) is 6.39. The Labute approximate surface area is 201 Å². The van der Waals surface area contributed by atoms with Gasteiger partial charge in [0.25, 0.3) is 5.52 Å². The Morgan fingerprint density at radius 3 is 2.24 bits per heavy atom. The van der Waals surface area contributed by atoms with Gasteiger partial charge in [-0.1, -0.05) is 71.4 Å². The van der Waals surface area contributed by atoms with Crippen molar-refractivity contribution in [2.24, 2.45) is 4.99 Å². The zero-order valence-corrected chi connectivity index (χ0v) is 21.7. The molecule has 0 saturated heterocycles. The molecule has 0 fully saturated rings. The van der Waals surface area contributed by atoms with Crippen LogP contribution >= 0.6 is 11.3 Å². The van der Waals surface area contributed by atoms with E-state index in [1.807, 2.05) is 52.9 Å². The van der Waals surface area contributed by atoms with Gasteiger partial charge in [0.15, 0.2) is 6.20 Å². The summed E-state index contributed by atoms with van der Waals surface area (Å²) >= 11 is 1.85. The van der Waals surface area contributed by atoms with Crippen LogP contribution in [0.5, 0.6) is 0 Å². The number of pyridine rings is 1. The topological polar surface area (TPSA) is 20.1 Å². The smallest absolute Gasteiger partial charge is 0.248 e. The van der Waals surface area contributed by atoms with Gasteiger partial charge in [-0.3, -0.25) is 0 Å². The molecule has 4 heteroatoms. The van der Waals surface area contributed by atoms with E-state index in [1.54, 1.807) is 0 Å². The molecule has 2 aromatic carbocycles. The van der Waals surface area contributed by atoms with Gasteiger partial charge < -0.3 is 0 Å². The lowest BCUT2D eigenvalue weighted by Crippen LogP contribution is -2.46. The maximum absolute atomic E-state index is 4.99. The summed E-state index contributed by atoms with van der Waals surface area (Å²) in [6.07, 6.45) is 2.17. The highest BCUT2D eigenvalue weighted by Gasteiger charge is 2.38. The van der Waals surface area contributed by atoms with E-state index in [4.69, 9.17) is 4.99 Å². The van der Waals surface area contributed by atoms with Crippen LogP contribution in [-0.4, -0.2) is 0 Å².